The van der Waals surface area contributed by atoms with E-state index in [4.69, 9.17) is 4.99 Å². The molecule has 1 aliphatic carbocycles. The molecule has 0 saturated heterocycles. The molecule has 2 nitrogen and oxygen atoms in total. The van der Waals surface area contributed by atoms with Crippen molar-refractivity contribution in [2.24, 2.45) is 10.9 Å². The van der Waals surface area contributed by atoms with E-state index in [0.29, 0.717) is 11.7 Å². The van der Waals surface area contributed by atoms with E-state index < -0.39 is 0 Å². The van der Waals surface area contributed by atoms with Crippen molar-refractivity contribution >= 4 is 22.6 Å². The summed E-state index contributed by atoms with van der Waals surface area (Å²) in [6, 6.07) is 7.22. The van der Waals surface area contributed by atoms with Crippen LogP contribution in [0.4, 0.5) is 10.1 Å². The Kier molecular flexibility index (Phi) is 3.55. The smallest absolute Gasteiger partial charge is 0.161 e. The van der Waals surface area contributed by atoms with Crippen molar-refractivity contribution in [3.05, 3.63) is 30.1 Å². The number of fused-ring (bicyclic) bond motifs is 1. The Labute approximate surface area is 111 Å². The van der Waals surface area contributed by atoms with E-state index in [1.165, 1.54) is 31.7 Å². The Bertz CT molecular complexity index is 461. The van der Waals surface area contributed by atoms with Gasteiger partial charge in [0.2, 0.25) is 0 Å². The summed E-state index contributed by atoms with van der Waals surface area (Å²) in [5.41, 5.74) is 0.526. The molecule has 1 aromatic rings. The van der Waals surface area contributed by atoms with Gasteiger partial charge in [-0.1, -0.05) is 36.7 Å². The zero-order chi connectivity index (χ0) is 12.4. The summed E-state index contributed by atoms with van der Waals surface area (Å²) in [4.78, 5) is 4.74. The summed E-state index contributed by atoms with van der Waals surface area (Å²) in [5.74, 6) is 1.63. The van der Waals surface area contributed by atoms with Crippen LogP contribution in [-0.2, 0) is 0 Å². The number of benzene rings is 1. The highest BCUT2D eigenvalue weighted by atomic mass is 32.2. The number of thioether (sulfide) groups is 1. The maximum absolute atomic E-state index is 13.6. The summed E-state index contributed by atoms with van der Waals surface area (Å²) in [5, 5.41) is 4.00. The molecule has 1 N–H and O–H groups in total. The minimum atomic E-state index is -0.216. The number of amidine groups is 1. The van der Waals surface area contributed by atoms with Gasteiger partial charge in [-0.05, 0) is 30.9 Å². The van der Waals surface area contributed by atoms with Gasteiger partial charge in [-0.15, -0.1) is 0 Å². The van der Waals surface area contributed by atoms with E-state index in [2.05, 4.69) is 5.32 Å². The lowest BCUT2D eigenvalue weighted by molar-refractivity contribution is 0.336. The quantitative estimate of drug-likeness (QED) is 0.832. The van der Waals surface area contributed by atoms with Gasteiger partial charge in [0, 0.05) is 5.75 Å². The lowest BCUT2D eigenvalue weighted by atomic mass is 9.86. The van der Waals surface area contributed by atoms with Gasteiger partial charge in [0.25, 0.3) is 0 Å². The van der Waals surface area contributed by atoms with E-state index >= 15 is 0 Å². The highest BCUT2D eigenvalue weighted by Gasteiger charge is 2.29. The van der Waals surface area contributed by atoms with Gasteiger partial charge in [-0.2, -0.15) is 0 Å². The highest BCUT2D eigenvalue weighted by Crippen LogP contribution is 2.34. The third-order valence-corrected chi connectivity index (χ3v) is 4.78. The summed E-state index contributed by atoms with van der Waals surface area (Å²) >= 11 is 1.72. The third kappa shape index (κ3) is 2.53. The summed E-state index contributed by atoms with van der Waals surface area (Å²) in [6.45, 7) is 0. The molecule has 3 rings (SSSR count). The van der Waals surface area contributed by atoms with E-state index in [1.807, 2.05) is 6.07 Å². The first kappa shape index (κ1) is 12.0. The van der Waals surface area contributed by atoms with Crippen molar-refractivity contribution in [2.75, 3.05) is 11.1 Å². The molecular weight excluding hydrogens is 247 g/mol. The number of nitrogens with one attached hydrogen (secondary N) is 1. The van der Waals surface area contributed by atoms with Gasteiger partial charge in [0.15, 0.2) is 5.17 Å². The van der Waals surface area contributed by atoms with Crippen LogP contribution in [0, 0.1) is 11.7 Å². The van der Waals surface area contributed by atoms with Crippen LogP contribution in [0.25, 0.3) is 0 Å². The van der Waals surface area contributed by atoms with Crippen molar-refractivity contribution in [2.45, 2.75) is 31.7 Å². The Morgan fingerprint density at radius 2 is 2.06 bits per heavy atom. The first-order valence-corrected chi connectivity index (χ1v) is 7.53. The standard InChI is InChI=1S/C14H17FN2S/c15-11-6-2-4-8-13(11)17-14-16-12-7-3-1-5-10(12)9-18-14/h2,4,6,8,10,12H,1,3,5,7,9H2,(H,16,17). The molecule has 2 atom stereocenters. The normalized spacial score (nSPS) is 27.3. The van der Waals surface area contributed by atoms with Crippen molar-refractivity contribution in [1.82, 2.24) is 0 Å². The maximum Gasteiger partial charge on any atom is 0.161 e. The van der Waals surface area contributed by atoms with Crippen LogP contribution < -0.4 is 5.32 Å². The van der Waals surface area contributed by atoms with E-state index in [9.17, 15) is 4.39 Å². The van der Waals surface area contributed by atoms with Gasteiger partial charge in [0.05, 0.1) is 11.7 Å². The Hall–Kier alpha value is -1.03. The van der Waals surface area contributed by atoms with Crippen LogP contribution in [0.15, 0.2) is 29.3 Å². The monoisotopic (exact) mass is 264 g/mol. The second-order valence-electron chi connectivity index (χ2n) is 4.96. The molecule has 4 heteroatoms. The predicted molar refractivity (Wildman–Crippen MR) is 75.7 cm³/mol. The minimum absolute atomic E-state index is 0.216. The number of hydrogen-bond acceptors (Lipinski definition) is 3. The number of rotatable bonds is 1. The van der Waals surface area contributed by atoms with Crippen LogP contribution >= 0.6 is 11.8 Å². The van der Waals surface area contributed by atoms with Gasteiger partial charge < -0.3 is 5.32 Å². The lowest BCUT2D eigenvalue weighted by Gasteiger charge is -2.32. The minimum Gasteiger partial charge on any atom is -0.333 e. The molecular formula is C14H17FN2S. The van der Waals surface area contributed by atoms with Crippen LogP contribution in [0.3, 0.4) is 0 Å². The molecule has 0 aromatic heterocycles. The molecule has 0 bridgehead atoms. The number of para-hydroxylation sites is 1. The average molecular weight is 264 g/mol. The molecule has 1 heterocycles. The summed E-state index contributed by atoms with van der Waals surface area (Å²) < 4.78 is 13.6. The van der Waals surface area contributed by atoms with Crippen molar-refractivity contribution < 1.29 is 4.39 Å². The van der Waals surface area contributed by atoms with E-state index in [-0.39, 0.29) is 5.82 Å². The fourth-order valence-corrected chi connectivity index (χ4v) is 3.83. The SMILES string of the molecule is Fc1ccccc1NC1=NC2CCCCC2CS1. The van der Waals surface area contributed by atoms with Gasteiger partial charge in [-0.25, -0.2) is 4.39 Å². The Morgan fingerprint density at radius 1 is 1.22 bits per heavy atom. The van der Waals surface area contributed by atoms with Crippen LogP contribution in [-0.4, -0.2) is 17.0 Å². The Morgan fingerprint density at radius 3 is 2.94 bits per heavy atom. The van der Waals surface area contributed by atoms with Crippen molar-refractivity contribution in [1.29, 1.82) is 0 Å². The molecule has 0 radical (unpaired) electrons. The molecule has 1 aliphatic heterocycles. The molecule has 2 aliphatic rings. The van der Waals surface area contributed by atoms with E-state index in [1.54, 1.807) is 23.9 Å². The zero-order valence-electron chi connectivity index (χ0n) is 10.2. The van der Waals surface area contributed by atoms with Gasteiger partial charge in [-0.3, -0.25) is 4.99 Å². The van der Waals surface area contributed by atoms with E-state index in [0.717, 1.165) is 16.8 Å². The fourth-order valence-electron chi connectivity index (χ4n) is 2.67. The maximum atomic E-state index is 13.6. The zero-order valence-corrected chi connectivity index (χ0v) is 11.0. The fraction of sp³-hybridized carbons (Fsp3) is 0.500. The van der Waals surface area contributed by atoms with Gasteiger partial charge in [0.1, 0.15) is 5.82 Å². The van der Waals surface area contributed by atoms with Crippen molar-refractivity contribution in [3.8, 4) is 0 Å². The molecule has 0 spiro atoms. The third-order valence-electron chi connectivity index (χ3n) is 3.70. The number of halogens is 1. The molecule has 1 fully saturated rings. The first-order chi connectivity index (χ1) is 8.83. The van der Waals surface area contributed by atoms with Crippen LogP contribution in [0.5, 0.6) is 0 Å². The van der Waals surface area contributed by atoms with Crippen LogP contribution in [0.2, 0.25) is 0 Å². The second-order valence-corrected chi connectivity index (χ2v) is 5.97. The molecule has 1 aromatic carbocycles. The average Bonchev–Trinajstić information content (AvgIpc) is 2.41. The van der Waals surface area contributed by atoms with Crippen molar-refractivity contribution in [3.63, 3.8) is 0 Å². The molecule has 96 valence electrons. The summed E-state index contributed by atoms with van der Waals surface area (Å²) in [7, 11) is 0. The highest BCUT2D eigenvalue weighted by molar-refractivity contribution is 8.14. The largest absolute Gasteiger partial charge is 0.333 e. The summed E-state index contributed by atoms with van der Waals surface area (Å²) in [6.07, 6.45) is 5.11. The number of aliphatic imine (C=N–C) groups is 1. The lowest BCUT2D eigenvalue weighted by Crippen LogP contribution is -2.31. The molecule has 18 heavy (non-hydrogen) atoms. The molecule has 0 amide bonds. The number of hydrogen-bond donors (Lipinski definition) is 1. The number of anilines is 1. The topological polar surface area (TPSA) is 24.4 Å². The molecule has 1 saturated carbocycles. The predicted octanol–water partition coefficient (Wildman–Crippen LogP) is 3.90. The van der Waals surface area contributed by atoms with Gasteiger partial charge >= 0.3 is 0 Å². The van der Waals surface area contributed by atoms with Crippen LogP contribution in [0.1, 0.15) is 25.7 Å². The Balaban J connectivity index is 1.73. The first-order valence-electron chi connectivity index (χ1n) is 6.55. The number of nitrogens with zero attached hydrogens (tertiary/aromatic N) is 1. The molecule has 2 unspecified atom stereocenters. The second kappa shape index (κ2) is 5.31.